The van der Waals surface area contributed by atoms with E-state index in [0.29, 0.717) is 15.9 Å². The minimum absolute atomic E-state index is 0.0142. The number of benzene rings is 1. The number of hydrogen-bond acceptors (Lipinski definition) is 5. The predicted molar refractivity (Wildman–Crippen MR) is 116 cm³/mol. The van der Waals surface area contributed by atoms with Gasteiger partial charge in [-0.25, -0.2) is 14.5 Å². The van der Waals surface area contributed by atoms with Crippen LogP contribution in [0, 0.1) is 0 Å². The molecule has 28 heavy (non-hydrogen) atoms. The van der Waals surface area contributed by atoms with Crippen molar-refractivity contribution in [3.05, 3.63) is 45.0 Å². The summed E-state index contributed by atoms with van der Waals surface area (Å²) in [4.78, 5) is 11.8. The number of nitrogens with one attached hydrogen (secondary N) is 1. The second kappa shape index (κ2) is 5.89. The monoisotopic (exact) mass is 431 g/mol. The summed E-state index contributed by atoms with van der Waals surface area (Å²) in [7, 11) is 0. The molecule has 0 radical (unpaired) electrons. The van der Waals surface area contributed by atoms with Gasteiger partial charge < -0.3 is 5.32 Å². The summed E-state index contributed by atoms with van der Waals surface area (Å²) in [5.74, 6) is 0.573. The molecule has 1 aliphatic rings. The van der Waals surface area contributed by atoms with Gasteiger partial charge in [-0.2, -0.15) is 0 Å². The lowest BCUT2D eigenvalue weighted by molar-refractivity contribution is 0.248. The van der Waals surface area contributed by atoms with Crippen molar-refractivity contribution >= 4 is 50.4 Å². The van der Waals surface area contributed by atoms with Crippen molar-refractivity contribution in [2.45, 2.75) is 45.2 Å². The van der Waals surface area contributed by atoms with Gasteiger partial charge in [-0.05, 0) is 57.9 Å². The SMILES string of the molecule is CC1(C)Cc2c(sc3ncn4nc(-c5ccc(Cl)cc5Cl)nc4c23)C(C)(C)N1. The average Bonchev–Trinajstić information content (AvgIpc) is 3.14. The highest BCUT2D eigenvalue weighted by atomic mass is 35.5. The Labute approximate surface area is 176 Å². The molecule has 0 unspecified atom stereocenters. The predicted octanol–water partition coefficient (Wildman–Crippen LogP) is 5.47. The molecule has 0 saturated heterocycles. The van der Waals surface area contributed by atoms with Gasteiger partial charge in [-0.15, -0.1) is 16.4 Å². The van der Waals surface area contributed by atoms with Gasteiger partial charge in [0.15, 0.2) is 11.5 Å². The Kier molecular flexibility index (Phi) is 3.85. The molecule has 0 aliphatic carbocycles. The molecule has 0 saturated carbocycles. The zero-order valence-corrected chi connectivity index (χ0v) is 18.3. The van der Waals surface area contributed by atoms with E-state index in [2.05, 4.69) is 43.1 Å². The number of hydrogen-bond donors (Lipinski definition) is 1. The van der Waals surface area contributed by atoms with Crippen LogP contribution in [0.1, 0.15) is 38.1 Å². The largest absolute Gasteiger partial charge is 0.302 e. The molecule has 144 valence electrons. The Hall–Kier alpha value is -1.73. The Morgan fingerprint density at radius 1 is 1.18 bits per heavy atom. The minimum atomic E-state index is -0.123. The van der Waals surface area contributed by atoms with Gasteiger partial charge in [-0.1, -0.05) is 23.2 Å². The maximum Gasteiger partial charge on any atom is 0.183 e. The molecule has 4 aromatic rings. The van der Waals surface area contributed by atoms with Crippen molar-refractivity contribution in [1.82, 2.24) is 24.9 Å². The second-order valence-corrected chi connectivity index (χ2v) is 10.3. The topological polar surface area (TPSA) is 55.1 Å². The summed E-state index contributed by atoms with van der Waals surface area (Å²) in [5.41, 5.74) is 2.75. The molecule has 8 heteroatoms. The number of fused-ring (bicyclic) bond motifs is 5. The van der Waals surface area contributed by atoms with Crippen LogP contribution in [0.4, 0.5) is 0 Å². The van der Waals surface area contributed by atoms with Crippen molar-refractivity contribution in [3.8, 4) is 11.4 Å². The molecule has 0 spiro atoms. The first-order valence-corrected chi connectivity index (χ1v) is 10.6. The van der Waals surface area contributed by atoms with Crippen molar-refractivity contribution in [3.63, 3.8) is 0 Å². The molecule has 5 nitrogen and oxygen atoms in total. The van der Waals surface area contributed by atoms with Crippen molar-refractivity contribution < 1.29 is 0 Å². The Morgan fingerprint density at radius 2 is 1.96 bits per heavy atom. The van der Waals surface area contributed by atoms with Crippen LogP contribution in [-0.2, 0) is 12.0 Å². The van der Waals surface area contributed by atoms with Gasteiger partial charge in [0, 0.05) is 26.5 Å². The van der Waals surface area contributed by atoms with Gasteiger partial charge in [0.1, 0.15) is 11.2 Å². The third kappa shape index (κ3) is 2.74. The third-order valence-electron chi connectivity index (χ3n) is 5.14. The summed E-state index contributed by atoms with van der Waals surface area (Å²) < 4.78 is 1.75. The van der Waals surface area contributed by atoms with E-state index < -0.39 is 0 Å². The zero-order chi connectivity index (χ0) is 19.8. The van der Waals surface area contributed by atoms with Gasteiger partial charge in [0.05, 0.1) is 10.4 Å². The number of aromatic nitrogens is 4. The van der Waals surface area contributed by atoms with Crippen molar-refractivity contribution in [2.75, 3.05) is 0 Å². The van der Waals surface area contributed by atoms with Crippen LogP contribution in [0.15, 0.2) is 24.5 Å². The molecule has 1 N–H and O–H groups in total. The van der Waals surface area contributed by atoms with Crippen LogP contribution in [0.3, 0.4) is 0 Å². The van der Waals surface area contributed by atoms with E-state index >= 15 is 0 Å². The minimum Gasteiger partial charge on any atom is -0.302 e. The van der Waals surface area contributed by atoms with E-state index in [1.54, 1.807) is 34.3 Å². The summed E-state index contributed by atoms with van der Waals surface area (Å²) in [6.07, 6.45) is 2.64. The Morgan fingerprint density at radius 3 is 2.71 bits per heavy atom. The quantitative estimate of drug-likeness (QED) is 0.433. The Balaban J connectivity index is 1.79. The van der Waals surface area contributed by atoms with Gasteiger partial charge in [0.2, 0.25) is 0 Å². The molecular weight excluding hydrogens is 413 g/mol. The van der Waals surface area contributed by atoms with Crippen LogP contribution in [0.25, 0.3) is 27.3 Å². The fourth-order valence-corrected chi connectivity index (χ4v) is 6.01. The first-order valence-electron chi connectivity index (χ1n) is 9.07. The summed E-state index contributed by atoms with van der Waals surface area (Å²) in [5, 5.41) is 10.6. The lowest BCUT2D eigenvalue weighted by Crippen LogP contribution is -2.54. The van der Waals surface area contributed by atoms with E-state index in [9.17, 15) is 0 Å². The number of halogens is 2. The van der Waals surface area contributed by atoms with E-state index in [4.69, 9.17) is 28.2 Å². The first kappa shape index (κ1) is 18.3. The van der Waals surface area contributed by atoms with Crippen LogP contribution < -0.4 is 5.32 Å². The van der Waals surface area contributed by atoms with Gasteiger partial charge in [0.25, 0.3) is 0 Å². The number of nitrogens with zero attached hydrogens (tertiary/aromatic N) is 4. The smallest absolute Gasteiger partial charge is 0.183 e. The van der Waals surface area contributed by atoms with Crippen LogP contribution in [0.5, 0.6) is 0 Å². The van der Waals surface area contributed by atoms with Crippen molar-refractivity contribution in [1.29, 1.82) is 0 Å². The lowest BCUT2D eigenvalue weighted by Gasteiger charge is -2.42. The third-order valence-corrected chi connectivity index (χ3v) is 7.15. The molecule has 1 aromatic carbocycles. The van der Waals surface area contributed by atoms with E-state index in [0.717, 1.165) is 27.8 Å². The van der Waals surface area contributed by atoms with E-state index in [1.165, 1.54) is 10.4 Å². The van der Waals surface area contributed by atoms with Gasteiger partial charge >= 0.3 is 0 Å². The summed E-state index contributed by atoms with van der Waals surface area (Å²) >= 11 is 14.2. The number of thiophene rings is 1. The molecule has 0 amide bonds. The van der Waals surface area contributed by atoms with Crippen LogP contribution in [-0.4, -0.2) is 25.1 Å². The fraction of sp³-hybridized carbons (Fsp3) is 0.350. The zero-order valence-electron chi connectivity index (χ0n) is 16.0. The molecule has 0 atom stereocenters. The fourth-order valence-electron chi connectivity index (χ4n) is 4.30. The highest BCUT2D eigenvalue weighted by Crippen LogP contribution is 2.44. The number of rotatable bonds is 1. The Bertz CT molecular complexity index is 1250. The lowest BCUT2D eigenvalue weighted by atomic mass is 9.82. The second-order valence-electron chi connectivity index (χ2n) is 8.47. The van der Waals surface area contributed by atoms with E-state index in [-0.39, 0.29) is 11.1 Å². The highest BCUT2D eigenvalue weighted by molar-refractivity contribution is 7.19. The standard InChI is InChI=1S/C20H19Cl2N5S/c1-19(2)8-12-14-17-24-16(11-6-5-10(21)7-13(11)22)25-27(17)9-23-18(14)28-15(12)20(3,4)26-19/h5-7,9,26H,8H2,1-4H3. The highest BCUT2D eigenvalue weighted by Gasteiger charge is 2.39. The maximum absolute atomic E-state index is 6.38. The molecular formula is C20H19Cl2N5S. The average molecular weight is 432 g/mol. The molecule has 0 fully saturated rings. The molecule has 1 aliphatic heterocycles. The van der Waals surface area contributed by atoms with E-state index in [1.807, 2.05) is 6.07 Å². The first-order chi connectivity index (χ1) is 13.1. The van der Waals surface area contributed by atoms with Crippen LogP contribution in [0.2, 0.25) is 10.0 Å². The normalized spacial score (nSPS) is 17.9. The molecule has 3 aromatic heterocycles. The molecule has 0 bridgehead atoms. The molecule has 5 rings (SSSR count). The molecule has 4 heterocycles. The van der Waals surface area contributed by atoms with Crippen molar-refractivity contribution in [2.24, 2.45) is 0 Å². The summed E-state index contributed by atoms with van der Waals surface area (Å²) in [6.45, 7) is 8.92. The maximum atomic E-state index is 6.38. The summed E-state index contributed by atoms with van der Waals surface area (Å²) in [6, 6.07) is 5.36. The van der Waals surface area contributed by atoms with Crippen LogP contribution >= 0.6 is 34.5 Å². The van der Waals surface area contributed by atoms with Gasteiger partial charge in [-0.3, -0.25) is 0 Å².